The maximum Gasteiger partial charge on any atom is 0.335 e. The number of benzene rings is 2. The average Bonchev–Trinajstić information content (AvgIpc) is 2.62. The largest absolute Gasteiger partial charge is 0.503 e. The van der Waals surface area contributed by atoms with Gasteiger partial charge in [0.2, 0.25) is 0 Å². The number of barbiturate groups is 1. The minimum atomic E-state index is -0.870. The summed E-state index contributed by atoms with van der Waals surface area (Å²) in [5, 5.41) is 12.3. The molecule has 1 fully saturated rings. The number of carbonyl (C=O) groups is 3. The number of nitrogens with zero attached hydrogens (tertiary/aromatic N) is 1. The minimum Gasteiger partial charge on any atom is -0.503 e. The Balaban J connectivity index is 2.04. The molecule has 0 saturated carbocycles. The summed E-state index contributed by atoms with van der Waals surface area (Å²) in [7, 11) is 1.34. The SMILES string of the molecule is COc1cc(/C=C2\C(=O)NC(=O)N(c3ccc(Cl)cc3)C2=O)cc(Cl)c1O. The van der Waals surface area contributed by atoms with E-state index in [0.29, 0.717) is 10.6 Å². The van der Waals surface area contributed by atoms with Crippen LogP contribution >= 0.6 is 23.2 Å². The highest BCUT2D eigenvalue weighted by atomic mass is 35.5. The van der Waals surface area contributed by atoms with E-state index in [9.17, 15) is 19.5 Å². The maximum atomic E-state index is 12.8. The molecule has 3 rings (SSSR count). The van der Waals surface area contributed by atoms with Crippen LogP contribution in [-0.2, 0) is 9.59 Å². The summed E-state index contributed by atoms with van der Waals surface area (Å²) in [5.41, 5.74) is 0.300. The highest BCUT2D eigenvalue weighted by molar-refractivity contribution is 6.39. The molecule has 2 N–H and O–H groups in total. The number of urea groups is 1. The van der Waals surface area contributed by atoms with Crippen LogP contribution in [0.25, 0.3) is 6.08 Å². The van der Waals surface area contributed by atoms with Crippen LogP contribution in [0.3, 0.4) is 0 Å². The fourth-order valence-electron chi connectivity index (χ4n) is 2.48. The fourth-order valence-corrected chi connectivity index (χ4v) is 2.83. The Labute approximate surface area is 163 Å². The van der Waals surface area contributed by atoms with Gasteiger partial charge in [0, 0.05) is 5.02 Å². The number of methoxy groups -OCH3 is 1. The van der Waals surface area contributed by atoms with Crippen LogP contribution in [0.5, 0.6) is 11.5 Å². The second-order valence-corrected chi connectivity index (χ2v) is 6.33. The predicted molar refractivity (Wildman–Crippen MR) is 100 cm³/mol. The predicted octanol–water partition coefficient (Wildman–Crippen LogP) is 3.37. The number of aromatic hydroxyl groups is 1. The number of ether oxygens (including phenoxy) is 1. The molecule has 4 amide bonds. The maximum absolute atomic E-state index is 12.8. The fraction of sp³-hybridized carbons (Fsp3) is 0.0556. The number of carbonyl (C=O) groups excluding carboxylic acids is 3. The molecule has 2 aromatic carbocycles. The van der Waals surface area contributed by atoms with Crippen molar-refractivity contribution < 1.29 is 24.2 Å². The summed E-state index contributed by atoms with van der Waals surface area (Å²) in [4.78, 5) is 37.9. The molecular formula is C18H12Cl2N2O5. The summed E-state index contributed by atoms with van der Waals surface area (Å²) in [6, 6.07) is 7.88. The van der Waals surface area contributed by atoms with Gasteiger partial charge in [-0.15, -0.1) is 0 Å². The van der Waals surface area contributed by atoms with E-state index < -0.39 is 17.8 Å². The Morgan fingerprint density at radius 1 is 1.11 bits per heavy atom. The molecule has 9 heteroatoms. The van der Waals surface area contributed by atoms with E-state index in [-0.39, 0.29) is 27.8 Å². The van der Waals surface area contributed by atoms with Crippen LogP contribution in [0.4, 0.5) is 10.5 Å². The molecule has 0 bridgehead atoms. The summed E-state index contributed by atoms with van der Waals surface area (Å²) >= 11 is 11.8. The first kappa shape index (κ1) is 18.8. The van der Waals surface area contributed by atoms with Gasteiger partial charge in [0.05, 0.1) is 17.8 Å². The van der Waals surface area contributed by atoms with Crippen molar-refractivity contribution in [2.24, 2.45) is 0 Å². The third kappa shape index (κ3) is 3.60. The summed E-state index contributed by atoms with van der Waals surface area (Å²) in [6.45, 7) is 0. The molecule has 1 aliphatic heterocycles. The zero-order valence-electron chi connectivity index (χ0n) is 13.8. The molecule has 0 atom stereocenters. The first-order valence-electron chi connectivity index (χ1n) is 7.55. The van der Waals surface area contributed by atoms with Crippen LogP contribution < -0.4 is 15.0 Å². The molecular weight excluding hydrogens is 395 g/mol. The van der Waals surface area contributed by atoms with Gasteiger partial charge in [0.15, 0.2) is 11.5 Å². The molecule has 1 aliphatic rings. The standard InChI is InChI=1S/C18H12Cl2N2O5/c1-27-14-8-9(7-13(20)15(14)23)6-12-16(24)21-18(26)22(17(12)25)11-4-2-10(19)3-5-11/h2-8,23H,1H3,(H,21,24,26)/b12-6+. The quantitative estimate of drug-likeness (QED) is 0.601. The number of imide groups is 2. The van der Waals surface area contributed by atoms with E-state index in [0.717, 1.165) is 4.90 Å². The molecule has 2 aromatic rings. The number of phenols is 1. The van der Waals surface area contributed by atoms with Crippen molar-refractivity contribution in [2.75, 3.05) is 12.0 Å². The molecule has 0 spiro atoms. The lowest BCUT2D eigenvalue weighted by Crippen LogP contribution is -2.54. The van der Waals surface area contributed by atoms with Crippen molar-refractivity contribution in [3.05, 3.63) is 57.6 Å². The van der Waals surface area contributed by atoms with Gasteiger partial charge in [-0.3, -0.25) is 14.9 Å². The number of amides is 4. The molecule has 1 heterocycles. The Bertz CT molecular complexity index is 986. The Hall–Kier alpha value is -3.03. The molecule has 0 radical (unpaired) electrons. The van der Waals surface area contributed by atoms with Gasteiger partial charge in [0.25, 0.3) is 11.8 Å². The molecule has 138 valence electrons. The molecule has 1 saturated heterocycles. The lowest BCUT2D eigenvalue weighted by molar-refractivity contribution is -0.122. The third-order valence-corrected chi connectivity index (χ3v) is 4.31. The van der Waals surface area contributed by atoms with Gasteiger partial charge >= 0.3 is 6.03 Å². The van der Waals surface area contributed by atoms with E-state index >= 15 is 0 Å². The van der Waals surface area contributed by atoms with Crippen molar-refractivity contribution in [3.8, 4) is 11.5 Å². The first-order valence-corrected chi connectivity index (χ1v) is 8.31. The average molecular weight is 407 g/mol. The van der Waals surface area contributed by atoms with Crippen LogP contribution in [0.15, 0.2) is 42.0 Å². The van der Waals surface area contributed by atoms with E-state index in [1.165, 1.54) is 49.6 Å². The zero-order chi connectivity index (χ0) is 19.7. The number of anilines is 1. The number of hydrogen-bond acceptors (Lipinski definition) is 5. The number of rotatable bonds is 3. The van der Waals surface area contributed by atoms with Gasteiger partial charge in [-0.25, -0.2) is 9.69 Å². The Morgan fingerprint density at radius 2 is 1.78 bits per heavy atom. The molecule has 7 nitrogen and oxygen atoms in total. The van der Waals surface area contributed by atoms with Crippen LogP contribution in [0.1, 0.15) is 5.56 Å². The number of phenolic OH excluding ortho intramolecular Hbond substituents is 1. The lowest BCUT2D eigenvalue weighted by atomic mass is 10.1. The third-order valence-electron chi connectivity index (χ3n) is 3.77. The highest BCUT2D eigenvalue weighted by Crippen LogP contribution is 2.35. The van der Waals surface area contributed by atoms with E-state index in [1.54, 1.807) is 0 Å². The molecule has 0 aromatic heterocycles. The van der Waals surface area contributed by atoms with Crippen molar-refractivity contribution in [3.63, 3.8) is 0 Å². The van der Waals surface area contributed by atoms with Gasteiger partial charge in [0.1, 0.15) is 5.57 Å². The smallest absolute Gasteiger partial charge is 0.335 e. The topological polar surface area (TPSA) is 95.9 Å². The van der Waals surface area contributed by atoms with E-state index in [2.05, 4.69) is 5.32 Å². The molecule has 27 heavy (non-hydrogen) atoms. The Kier molecular flexibility index (Phi) is 5.07. The number of hydrogen-bond donors (Lipinski definition) is 2. The summed E-state index contributed by atoms with van der Waals surface area (Å²) in [6.07, 6.45) is 1.25. The second kappa shape index (κ2) is 7.30. The van der Waals surface area contributed by atoms with Crippen molar-refractivity contribution >= 4 is 52.8 Å². The summed E-state index contributed by atoms with van der Waals surface area (Å²) < 4.78 is 5.00. The van der Waals surface area contributed by atoms with Crippen LogP contribution in [0, 0.1) is 0 Å². The van der Waals surface area contributed by atoms with Gasteiger partial charge in [-0.1, -0.05) is 23.2 Å². The number of halogens is 2. The molecule has 0 aliphatic carbocycles. The zero-order valence-corrected chi connectivity index (χ0v) is 15.3. The minimum absolute atomic E-state index is 0.0181. The normalized spacial score (nSPS) is 15.9. The monoisotopic (exact) mass is 406 g/mol. The first-order chi connectivity index (χ1) is 12.8. The van der Waals surface area contributed by atoms with Crippen molar-refractivity contribution in [1.29, 1.82) is 0 Å². The van der Waals surface area contributed by atoms with Gasteiger partial charge in [-0.05, 0) is 48.0 Å². The van der Waals surface area contributed by atoms with Crippen molar-refractivity contribution in [1.82, 2.24) is 5.32 Å². The van der Waals surface area contributed by atoms with Crippen LogP contribution in [0.2, 0.25) is 10.0 Å². The van der Waals surface area contributed by atoms with Crippen molar-refractivity contribution in [2.45, 2.75) is 0 Å². The van der Waals surface area contributed by atoms with E-state index in [4.69, 9.17) is 27.9 Å². The van der Waals surface area contributed by atoms with Crippen LogP contribution in [-0.4, -0.2) is 30.1 Å². The lowest BCUT2D eigenvalue weighted by Gasteiger charge is -2.26. The number of nitrogens with one attached hydrogen (secondary N) is 1. The van der Waals surface area contributed by atoms with Gasteiger partial charge in [-0.2, -0.15) is 0 Å². The Morgan fingerprint density at radius 3 is 2.41 bits per heavy atom. The molecule has 0 unspecified atom stereocenters. The second-order valence-electron chi connectivity index (χ2n) is 5.49. The van der Waals surface area contributed by atoms with E-state index in [1.807, 2.05) is 0 Å². The summed E-state index contributed by atoms with van der Waals surface area (Å²) in [5.74, 6) is -1.85. The highest BCUT2D eigenvalue weighted by Gasteiger charge is 2.36. The van der Waals surface area contributed by atoms with Gasteiger partial charge < -0.3 is 9.84 Å².